The average Bonchev–Trinajstić information content (AvgIpc) is 3.26. The Hall–Kier alpha value is -2.80. The van der Waals surface area contributed by atoms with Gasteiger partial charge in [0.05, 0.1) is 18.5 Å². The minimum atomic E-state index is 0.712. The topological polar surface area (TPSA) is 57.2 Å². The molecule has 3 aromatic heterocycles. The Labute approximate surface area is 143 Å². The Morgan fingerprint density at radius 3 is 2.96 bits per heavy atom. The number of thioether (sulfide) groups is 1. The smallest absolute Gasteiger partial charge is 0.233 e. The van der Waals surface area contributed by atoms with Gasteiger partial charge in [0.25, 0.3) is 0 Å². The van der Waals surface area contributed by atoms with Crippen molar-refractivity contribution >= 4 is 17.5 Å². The third-order valence-electron chi connectivity index (χ3n) is 3.57. The highest BCUT2D eigenvalue weighted by atomic mass is 32.2. The number of nitrogens with zero attached hydrogens (tertiary/aromatic N) is 5. The average molecular weight is 337 g/mol. The van der Waals surface area contributed by atoms with Crippen LogP contribution in [0, 0.1) is 0 Å². The molecule has 7 heteroatoms. The predicted molar refractivity (Wildman–Crippen MR) is 92.7 cm³/mol. The number of fused-ring (bicyclic) bond motifs is 1. The van der Waals surface area contributed by atoms with Crippen LogP contribution in [-0.2, 0) is 5.75 Å². The van der Waals surface area contributed by atoms with Gasteiger partial charge >= 0.3 is 0 Å². The van der Waals surface area contributed by atoms with Crippen LogP contribution in [0.2, 0.25) is 0 Å². The lowest BCUT2D eigenvalue weighted by molar-refractivity contribution is 0.414. The monoisotopic (exact) mass is 337 g/mol. The van der Waals surface area contributed by atoms with Crippen molar-refractivity contribution in [1.29, 1.82) is 0 Å². The van der Waals surface area contributed by atoms with E-state index in [0.29, 0.717) is 5.78 Å². The molecule has 4 aromatic rings. The van der Waals surface area contributed by atoms with Crippen LogP contribution in [0.15, 0.2) is 66.5 Å². The number of hydrogen-bond acceptors (Lipinski definition) is 5. The molecule has 0 fully saturated rings. The zero-order chi connectivity index (χ0) is 16.4. The van der Waals surface area contributed by atoms with Crippen molar-refractivity contribution in [2.24, 2.45) is 0 Å². The Kier molecular flexibility index (Phi) is 3.92. The first-order valence-electron chi connectivity index (χ1n) is 7.43. The quantitative estimate of drug-likeness (QED) is 0.523. The van der Waals surface area contributed by atoms with E-state index in [1.165, 1.54) is 0 Å². The van der Waals surface area contributed by atoms with Crippen molar-refractivity contribution in [2.75, 3.05) is 7.11 Å². The summed E-state index contributed by atoms with van der Waals surface area (Å²) >= 11 is 1.64. The van der Waals surface area contributed by atoms with E-state index in [0.717, 1.165) is 28.0 Å². The summed E-state index contributed by atoms with van der Waals surface area (Å²) in [5.74, 6) is 2.26. The van der Waals surface area contributed by atoms with Gasteiger partial charge in [0.2, 0.25) is 5.78 Å². The SMILES string of the molecule is COc1cccc(-n2ccnc2SCc2cn3cccnc3n2)c1. The standard InChI is InChI=1S/C17H15N5OS/c1-23-15-5-2-4-14(10-15)22-9-7-19-17(22)24-12-13-11-21-8-3-6-18-16(21)20-13/h2-11H,12H2,1H3. The van der Waals surface area contributed by atoms with Gasteiger partial charge < -0.3 is 4.74 Å². The maximum atomic E-state index is 5.30. The van der Waals surface area contributed by atoms with Crippen molar-refractivity contribution < 1.29 is 4.74 Å². The fourth-order valence-corrected chi connectivity index (χ4v) is 3.30. The van der Waals surface area contributed by atoms with E-state index >= 15 is 0 Å². The lowest BCUT2D eigenvalue weighted by atomic mass is 10.3. The van der Waals surface area contributed by atoms with Gasteiger partial charge in [-0.2, -0.15) is 0 Å². The molecule has 0 aliphatic rings. The molecule has 3 heterocycles. The molecule has 0 saturated carbocycles. The number of hydrogen-bond donors (Lipinski definition) is 0. The first-order chi connectivity index (χ1) is 11.8. The molecule has 0 amide bonds. The summed E-state index contributed by atoms with van der Waals surface area (Å²) in [4.78, 5) is 13.2. The molecule has 0 radical (unpaired) electrons. The molecule has 0 aliphatic carbocycles. The Bertz CT molecular complexity index is 945. The molecule has 0 saturated heterocycles. The number of imidazole rings is 2. The molecule has 0 spiro atoms. The fourth-order valence-electron chi connectivity index (χ4n) is 2.44. The minimum absolute atomic E-state index is 0.712. The van der Waals surface area contributed by atoms with Gasteiger partial charge in [0, 0.05) is 42.8 Å². The molecule has 0 aliphatic heterocycles. The highest BCUT2D eigenvalue weighted by molar-refractivity contribution is 7.98. The number of aromatic nitrogens is 5. The van der Waals surface area contributed by atoms with Crippen molar-refractivity contribution in [3.8, 4) is 11.4 Å². The molecular weight excluding hydrogens is 322 g/mol. The van der Waals surface area contributed by atoms with Crippen LogP contribution in [0.4, 0.5) is 0 Å². The van der Waals surface area contributed by atoms with Gasteiger partial charge in [-0.1, -0.05) is 17.8 Å². The van der Waals surface area contributed by atoms with E-state index in [4.69, 9.17) is 4.74 Å². The number of benzene rings is 1. The third kappa shape index (κ3) is 2.85. The predicted octanol–water partition coefficient (Wildman–Crippen LogP) is 3.22. The van der Waals surface area contributed by atoms with Crippen LogP contribution in [-0.4, -0.2) is 31.0 Å². The lowest BCUT2D eigenvalue weighted by Gasteiger charge is -2.08. The Balaban J connectivity index is 1.56. The van der Waals surface area contributed by atoms with Gasteiger partial charge in [-0.3, -0.25) is 8.97 Å². The lowest BCUT2D eigenvalue weighted by Crippen LogP contribution is -1.96. The van der Waals surface area contributed by atoms with Gasteiger partial charge in [0.15, 0.2) is 5.16 Å². The summed E-state index contributed by atoms with van der Waals surface area (Å²) < 4.78 is 9.26. The molecule has 0 bridgehead atoms. The van der Waals surface area contributed by atoms with E-state index in [1.54, 1.807) is 31.3 Å². The maximum Gasteiger partial charge on any atom is 0.233 e. The highest BCUT2D eigenvalue weighted by Gasteiger charge is 2.09. The minimum Gasteiger partial charge on any atom is -0.497 e. The van der Waals surface area contributed by atoms with Gasteiger partial charge in [-0.05, 0) is 18.2 Å². The fraction of sp³-hybridized carbons (Fsp3) is 0.118. The first kappa shape index (κ1) is 14.8. The second-order valence-corrected chi connectivity index (χ2v) is 6.07. The Morgan fingerprint density at radius 2 is 2.08 bits per heavy atom. The largest absolute Gasteiger partial charge is 0.497 e. The summed E-state index contributed by atoms with van der Waals surface area (Å²) in [6, 6.07) is 9.80. The molecule has 0 unspecified atom stereocenters. The van der Waals surface area contributed by atoms with Crippen molar-refractivity contribution in [3.63, 3.8) is 0 Å². The zero-order valence-electron chi connectivity index (χ0n) is 13.0. The van der Waals surface area contributed by atoms with E-state index in [9.17, 15) is 0 Å². The normalized spacial score (nSPS) is 11.0. The summed E-state index contributed by atoms with van der Waals surface area (Å²) in [7, 11) is 1.67. The summed E-state index contributed by atoms with van der Waals surface area (Å²) in [5.41, 5.74) is 1.99. The van der Waals surface area contributed by atoms with Crippen LogP contribution in [0.25, 0.3) is 11.5 Å². The van der Waals surface area contributed by atoms with Gasteiger partial charge in [-0.25, -0.2) is 15.0 Å². The number of rotatable bonds is 5. The van der Waals surface area contributed by atoms with E-state index in [-0.39, 0.29) is 0 Å². The van der Waals surface area contributed by atoms with E-state index in [1.807, 2.05) is 57.9 Å². The summed E-state index contributed by atoms with van der Waals surface area (Å²) in [6.45, 7) is 0. The zero-order valence-corrected chi connectivity index (χ0v) is 13.8. The van der Waals surface area contributed by atoms with Crippen molar-refractivity contribution in [1.82, 2.24) is 23.9 Å². The van der Waals surface area contributed by atoms with Crippen molar-refractivity contribution in [3.05, 3.63) is 67.0 Å². The van der Waals surface area contributed by atoms with Crippen LogP contribution in [0.3, 0.4) is 0 Å². The number of ether oxygens (including phenoxy) is 1. The molecule has 0 N–H and O–H groups in total. The van der Waals surface area contributed by atoms with Crippen LogP contribution in [0.5, 0.6) is 5.75 Å². The second kappa shape index (κ2) is 6.37. The van der Waals surface area contributed by atoms with Gasteiger partial charge in [0.1, 0.15) is 5.75 Å². The maximum absolute atomic E-state index is 5.30. The third-order valence-corrected chi connectivity index (χ3v) is 4.57. The molecular formula is C17H15N5OS. The molecule has 120 valence electrons. The number of methoxy groups -OCH3 is 1. The Morgan fingerprint density at radius 1 is 1.12 bits per heavy atom. The molecule has 24 heavy (non-hydrogen) atoms. The second-order valence-electron chi connectivity index (χ2n) is 5.13. The van der Waals surface area contributed by atoms with Crippen LogP contribution in [0.1, 0.15) is 5.69 Å². The van der Waals surface area contributed by atoms with Crippen LogP contribution >= 0.6 is 11.8 Å². The summed E-state index contributed by atoms with van der Waals surface area (Å²) in [6.07, 6.45) is 9.43. The molecule has 1 aromatic carbocycles. The molecule has 6 nitrogen and oxygen atoms in total. The molecule has 0 atom stereocenters. The molecule has 4 rings (SSSR count). The highest BCUT2D eigenvalue weighted by Crippen LogP contribution is 2.25. The summed E-state index contributed by atoms with van der Waals surface area (Å²) in [5, 5.41) is 0.910. The van der Waals surface area contributed by atoms with Gasteiger partial charge in [-0.15, -0.1) is 0 Å². The van der Waals surface area contributed by atoms with Crippen molar-refractivity contribution in [2.45, 2.75) is 10.9 Å². The van der Waals surface area contributed by atoms with E-state index < -0.39 is 0 Å². The first-order valence-corrected chi connectivity index (χ1v) is 8.41. The van der Waals surface area contributed by atoms with Crippen LogP contribution < -0.4 is 4.74 Å². The van der Waals surface area contributed by atoms with E-state index in [2.05, 4.69) is 15.0 Å².